The van der Waals surface area contributed by atoms with Crippen molar-refractivity contribution >= 4 is 29.3 Å². The van der Waals surface area contributed by atoms with E-state index in [0.717, 1.165) is 53.1 Å². The summed E-state index contributed by atoms with van der Waals surface area (Å²) in [5, 5.41) is 12.0. The number of thioether (sulfide) groups is 1. The maximum Gasteiger partial charge on any atom is 0.255 e. The molecule has 0 spiro atoms. The fourth-order valence-electron chi connectivity index (χ4n) is 4.47. The quantitative estimate of drug-likeness (QED) is 0.188. The van der Waals surface area contributed by atoms with Crippen LogP contribution in [0.15, 0.2) is 52.8 Å². The van der Waals surface area contributed by atoms with E-state index in [1.165, 1.54) is 0 Å². The number of carbonyl (C=O) groups is 1. The number of aryl methyl sites for hydroxylation is 1. The van der Waals surface area contributed by atoms with Crippen molar-refractivity contribution in [1.29, 1.82) is 0 Å². The fraction of sp³-hybridized carbons (Fsp3) is 0.433. The van der Waals surface area contributed by atoms with E-state index in [-0.39, 0.29) is 5.91 Å². The highest BCUT2D eigenvalue weighted by Gasteiger charge is 2.35. The van der Waals surface area contributed by atoms with Crippen molar-refractivity contribution in [3.8, 4) is 11.5 Å². The highest BCUT2D eigenvalue weighted by molar-refractivity contribution is 7.99. The van der Waals surface area contributed by atoms with Crippen molar-refractivity contribution in [3.63, 3.8) is 0 Å². The smallest absolute Gasteiger partial charge is 0.255 e. The molecule has 0 fully saturated rings. The summed E-state index contributed by atoms with van der Waals surface area (Å²) in [7, 11) is 0. The summed E-state index contributed by atoms with van der Waals surface area (Å²) in [6, 6.07) is 11.3. The standard InChI is InChI=1S/C30H39N5O3S/c1-7-10-16-38-24-15-14-22(18-25(24)37-9-3)27-26(28(36)32-23-13-11-12-19(4)20(23)5)21(6)31-29-33-30(34-35(27)29)39-17-8-2/h11-15,18,27H,7-10,16-17H2,1-6H3,(H,32,36)(H,31,33,34). The first kappa shape index (κ1) is 28.5. The van der Waals surface area contributed by atoms with Crippen molar-refractivity contribution in [2.75, 3.05) is 29.6 Å². The minimum Gasteiger partial charge on any atom is -0.490 e. The molecule has 2 heterocycles. The van der Waals surface area contributed by atoms with Crippen LogP contribution in [0.5, 0.6) is 11.5 Å². The number of anilines is 2. The van der Waals surface area contributed by atoms with Crippen LogP contribution < -0.4 is 20.1 Å². The second-order valence-corrected chi connectivity index (χ2v) is 10.7. The van der Waals surface area contributed by atoms with Gasteiger partial charge in [-0.3, -0.25) is 4.79 Å². The lowest BCUT2D eigenvalue weighted by molar-refractivity contribution is -0.113. The maximum absolute atomic E-state index is 13.9. The summed E-state index contributed by atoms with van der Waals surface area (Å²) in [5.41, 5.74) is 5.12. The molecule has 4 rings (SSSR count). The Labute approximate surface area is 235 Å². The van der Waals surface area contributed by atoms with E-state index in [9.17, 15) is 4.79 Å². The molecule has 0 saturated heterocycles. The average Bonchev–Trinajstić information content (AvgIpc) is 3.32. The van der Waals surface area contributed by atoms with Gasteiger partial charge in [0.25, 0.3) is 5.91 Å². The summed E-state index contributed by atoms with van der Waals surface area (Å²) in [5.74, 6) is 2.69. The Morgan fingerprint density at radius 2 is 1.90 bits per heavy atom. The Morgan fingerprint density at radius 3 is 2.64 bits per heavy atom. The van der Waals surface area contributed by atoms with Crippen molar-refractivity contribution in [3.05, 3.63) is 64.4 Å². The average molecular weight is 550 g/mol. The van der Waals surface area contributed by atoms with Crippen LogP contribution in [0.4, 0.5) is 11.6 Å². The molecule has 1 aliphatic heterocycles. The summed E-state index contributed by atoms with van der Waals surface area (Å²) in [4.78, 5) is 18.7. The Bertz CT molecular complexity index is 1350. The number of ether oxygens (including phenoxy) is 2. The van der Waals surface area contributed by atoms with Crippen LogP contribution in [0.2, 0.25) is 0 Å². The van der Waals surface area contributed by atoms with E-state index < -0.39 is 6.04 Å². The number of benzene rings is 2. The third kappa shape index (κ3) is 6.41. The van der Waals surface area contributed by atoms with Gasteiger partial charge < -0.3 is 20.1 Å². The predicted octanol–water partition coefficient (Wildman–Crippen LogP) is 6.90. The molecule has 1 atom stereocenters. The number of allylic oxidation sites excluding steroid dienone is 1. The van der Waals surface area contributed by atoms with Crippen LogP contribution in [-0.4, -0.2) is 39.6 Å². The van der Waals surface area contributed by atoms with Gasteiger partial charge in [0.1, 0.15) is 6.04 Å². The van der Waals surface area contributed by atoms with Crippen LogP contribution in [0.1, 0.15) is 69.7 Å². The zero-order valence-corrected chi connectivity index (χ0v) is 24.6. The molecule has 0 bridgehead atoms. The van der Waals surface area contributed by atoms with Crippen LogP contribution in [0.25, 0.3) is 0 Å². The van der Waals surface area contributed by atoms with Crippen molar-refractivity contribution in [2.45, 2.75) is 72.0 Å². The lowest BCUT2D eigenvalue weighted by Gasteiger charge is -2.29. The van der Waals surface area contributed by atoms with Gasteiger partial charge in [-0.05, 0) is 75.4 Å². The van der Waals surface area contributed by atoms with Gasteiger partial charge in [-0.1, -0.05) is 50.2 Å². The molecular weight excluding hydrogens is 510 g/mol. The van der Waals surface area contributed by atoms with Crippen molar-refractivity contribution < 1.29 is 14.3 Å². The number of nitrogens with zero attached hydrogens (tertiary/aromatic N) is 3. The maximum atomic E-state index is 13.9. The van der Waals surface area contributed by atoms with E-state index in [1.54, 1.807) is 11.8 Å². The molecular formula is C30H39N5O3S. The molecule has 39 heavy (non-hydrogen) atoms. The second-order valence-electron chi connectivity index (χ2n) is 9.62. The van der Waals surface area contributed by atoms with E-state index in [4.69, 9.17) is 19.6 Å². The zero-order chi connectivity index (χ0) is 27.9. The number of carbonyl (C=O) groups excluding carboxylic acids is 1. The summed E-state index contributed by atoms with van der Waals surface area (Å²) in [6.07, 6.45) is 3.03. The lowest BCUT2D eigenvalue weighted by Crippen LogP contribution is -2.31. The molecule has 1 aromatic heterocycles. The van der Waals surface area contributed by atoms with E-state index in [2.05, 4.69) is 24.5 Å². The molecule has 2 aromatic carbocycles. The van der Waals surface area contributed by atoms with Gasteiger partial charge >= 0.3 is 0 Å². The normalized spacial score (nSPS) is 14.6. The number of hydrogen-bond acceptors (Lipinski definition) is 7. The topological polar surface area (TPSA) is 90.3 Å². The number of amides is 1. The molecule has 0 saturated carbocycles. The molecule has 2 N–H and O–H groups in total. The third-order valence-corrected chi connectivity index (χ3v) is 7.75. The highest BCUT2D eigenvalue weighted by atomic mass is 32.2. The van der Waals surface area contributed by atoms with Crippen LogP contribution >= 0.6 is 11.8 Å². The van der Waals surface area contributed by atoms with Gasteiger partial charge in [-0.2, -0.15) is 4.98 Å². The SMILES string of the molecule is CCCCOc1ccc(C2C(C(=O)Nc3cccc(C)c3C)=C(C)Nc3nc(SCCC)nn32)cc1OCC. The highest BCUT2D eigenvalue weighted by Crippen LogP contribution is 2.40. The minimum absolute atomic E-state index is 0.191. The van der Waals surface area contributed by atoms with Crippen molar-refractivity contribution in [2.24, 2.45) is 0 Å². The van der Waals surface area contributed by atoms with Crippen molar-refractivity contribution in [1.82, 2.24) is 14.8 Å². The number of fused-ring (bicyclic) bond motifs is 1. The number of rotatable bonds is 12. The van der Waals surface area contributed by atoms with Crippen LogP contribution in [-0.2, 0) is 4.79 Å². The van der Waals surface area contributed by atoms with E-state index in [0.29, 0.717) is 41.4 Å². The molecule has 208 valence electrons. The fourth-order valence-corrected chi connectivity index (χ4v) is 5.16. The minimum atomic E-state index is -0.501. The monoisotopic (exact) mass is 549 g/mol. The number of aromatic nitrogens is 3. The molecule has 0 radical (unpaired) electrons. The Balaban J connectivity index is 1.78. The first-order valence-corrected chi connectivity index (χ1v) is 14.7. The van der Waals surface area contributed by atoms with Gasteiger partial charge in [-0.25, -0.2) is 4.68 Å². The van der Waals surface area contributed by atoms with Crippen LogP contribution in [0, 0.1) is 13.8 Å². The van der Waals surface area contributed by atoms with Gasteiger partial charge in [-0.15, -0.1) is 5.10 Å². The van der Waals surface area contributed by atoms with E-state index in [1.807, 2.05) is 68.8 Å². The lowest BCUT2D eigenvalue weighted by atomic mass is 9.94. The van der Waals surface area contributed by atoms with Crippen LogP contribution in [0.3, 0.4) is 0 Å². The summed E-state index contributed by atoms with van der Waals surface area (Å²) >= 11 is 1.61. The molecule has 0 aliphatic carbocycles. The Morgan fingerprint density at radius 1 is 1.08 bits per heavy atom. The van der Waals surface area contributed by atoms with Gasteiger partial charge in [0.05, 0.1) is 18.8 Å². The largest absolute Gasteiger partial charge is 0.490 e. The predicted molar refractivity (Wildman–Crippen MR) is 158 cm³/mol. The first-order chi connectivity index (χ1) is 18.9. The Kier molecular flexibility index (Phi) is 9.56. The molecule has 1 unspecified atom stereocenters. The summed E-state index contributed by atoms with van der Waals surface area (Å²) < 4.78 is 13.8. The molecule has 1 amide bonds. The van der Waals surface area contributed by atoms with E-state index >= 15 is 0 Å². The molecule has 1 aliphatic rings. The number of nitrogens with one attached hydrogen (secondary N) is 2. The Hall–Kier alpha value is -3.46. The second kappa shape index (κ2) is 13.1. The first-order valence-electron chi connectivity index (χ1n) is 13.7. The zero-order valence-electron chi connectivity index (χ0n) is 23.8. The molecule has 8 nitrogen and oxygen atoms in total. The number of hydrogen-bond donors (Lipinski definition) is 2. The molecule has 3 aromatic rings. The van der Waals surface area contributed by atoms with Gasteiger partial charge in [0.15, 0.2) is 11.5 Å². The summed E-state index contributed by atoms with van der Waals surface area (Å²) in [6.45, 7) is 13.3. The van der Waals surface area contributed by atoms with Gasteiger partial charge in [0, 0.05) is 17.1 Å². The third-order valence-electron chi connectivity index (χ3n) is 6.70. The van der Waals surface area contributed by atoms with Gasteiger partial charge in [0.2, 0.25) is 11.1 Å². The molecule has 9 heteroatoms. The number of unbranched alkanes of at least 4 members (excludes halogenated alkanes) is 1.